The zero-order valence-corrected chi connectivity index (χ0v) is 17.5. The number of rotatable bonds is 3. The van der Waals surface area contributed by atoms with E-state index < -0.39 is 5.41 Å². The summed E-state index contributed by atoms with van der Waals surface area (Å²) in [5.41, 5.74) is 3.73. The number of amides is 1. The molecule has 1 N–H and O–H groups in total. The highest BCUT2D eigenvalue weighted by molar-refractivity contribution is 5.96. The second kappa shape index (κ2) is 7.52. The van der Waals surface area contributed by atoms with E-state index in [1.54, 1.807) is 12.1 Å². The van der Waals surface area contributed by atoms with Crippen molar-refractivity contribution in [2.75, 3.05) is 13.7 Å². The lowest BCUT2D eigenvalue weighted by Crippen LogP contribution is -2.47. The molecule has 5 nitrogen and oxygen atoms in total. The summed E-state index contributed by atoms with van der Waals surface area (Å²) in [5, 5.41) is 0.946. The predicted molar refractivity (Wildman–Crippen MR) is 115 cm³/mol. The molecule has 0 radical (unpaired) electrons. The van der Waals surface area contributed by atoms with Crippen molar-refractivity contribution in [3.63, 3.8) is 0 Å². The van der Waals surface area contributed by atoms with E-state index in [4.69, 9.17) is 4.74 Å². The zero-order valence-electron chi connectivity index (χ0n) is 17.5. The van der Waals surface area contributed by atoms with Gasteiger partial charge in [0, 0.05) is 41.7 Å². The standard InChI is InChI=1S/C25H25FN2O3/c1-31-23(29)16-7-8-21-19(13-16)20-15-28(12-9-22(20)27-21)24(30)25(10-2-3-11-25)17-5-4-6-18(26)14-17/h4-8,13-14,27H,2-3,9-12,15H2,1H3. The number of aromatic nitrogens is 1. The highest BCUT2D eigenvalue weighted by Crippen LogP contribution is 2.44. The van der Waals surface area contributed by atoms with Gasteiger partial charge in [0.2, 0.25) is 5.91 Å². The summed E-state index contributed by atoms with van der Waals surface area (Å²) in [6.07, 6.45) is 4.16. The Morgan fingerprint density at radius 3 is 2.68 bits per heavy atom. The van der Waals surface area contributed by atoms with Crippen molar-refractivity contribution in [1.82, 2.24) is 9.88 Å². The molecule has 31 heavy (non-hydrogen) atoms. The number of carbonyl (C=O) groups is 2. The summed E-state index contributed by atoms with van der Waals surface area (Å²) < 4.78 is 18.9. The number of ether oxygens (including phenoxy) is 1. The van der Waals surface area contributed by atoms with E-state index in [0.29, 0.717) is 18.7 Å². The zero-order chi connectivity index (χ0) is 21.6. The summed E-state index contributed by atoms with van der Waals surface area (Å²) in [4.78, 5) is 31.2. The maximum atomic E-state index is 14.0. The summed E-state index contributed by atoms with van der Waals surface area (Å²) in [6.45, 7) is 1.11. The van der Waals surface area contributed by atoms with Crippen molar-refractivity contribution in [2.24, 2.45) is 0 Å². The van der Waals surface area contributed by atoms with Crippen LogP contribution in [0.5, 0.6) is 0 Å². The molecular weight excluding hydrogens is 395 g/mol. The molecule has 160 valence electrons. The Bertz CT molecular complexity index is 1180. The largest absolute Gasteiger partial charge is 0.465 e. The predicted octanol–water partition coefficient (Wildman–Crippen LogP) is 4.49. The van der Waals surface area contributed by atoms with E-state index in [0.717, 1.165) is 59.8 Å². The number of nitrogens with zero attached hydrogens (tertiary/aromatic N) is 1. The van der Waals surface area contributed by atoms with Gasteiger partial charge in [-0.05, 0) is 48.7 Å². The first-order chi connectivity index (χ1) is 15.0. The van der Waals surface area contributed by atoms with E-state index in [9.17, 15) is 14.0 Å². The fourth-order valence-electron chi connectivity index (χ4n) is 5.33. The van der Waals surface area contributed by atoms with Gasteiger partial charge in [0.1, 0.15) is 5.82 Å². The quantitative estimate of drug-likeness (QED) is 0.635. The fraction of sp³-hybridized carbons (Fsp3) is 0.360. The van der Waals surface area contributed by atoms with Gasteiger partial charge in [0.15, 0.2) is 0 Å². The molecule has 1 aliphatic heterocycles. The molecule has 1 fully saturated rings. The Labute approximate surface area is 180 Å². The number of H-pyrrole nitrogens is 1. The van der Waals surface area contributed by atoms with Gasteiger partial charge in [-0.15, -0.1) is 0 Å². The van der Waals surface area contributed by atoms with Crippen LogP contribution in [0.2, 0.25) is 0 Å². The maximum Gasteiger partial charge on any atom is 0.337 e. The number of halogens is 1. The second-order valence-electron chi connectivity index (χ2n) is 8.61. The maximum absolute atomic E-state index is 14.0. The van der Waals surface area contributed by atoms with E-state index in [-0.39, 0.29) is 17.7 Å². The summed E-state index contributed by atoms with van der Waals surface area (Å²) in [5.74, 6) is -0.596. The first kappa shape index (κ1) is 19.8. The minimum atomic E-state index is -0.650. The lowest BCUT2D eigenvalue weighted by molar-refractivity contribution is -0.138. The second-order valence-corrected chi connectivity index (χ2v) is 8.61. The molecule has 5 rings (SSSR count). The number of nitrogens with one attached hydrogen (secondary N) is 1. The fourth-order valence-corrected chi connectivity index (χ4v) is 5.33. The van der Waals surface area contributed by atoms with Crippen LogP contribution in [0.1, 0.15) is 52.9 Å². The SMILES string of the molecule is COC(=O)c1ccc2[nH]c3c(c2c1)CN(C(=O)C1(c2cccc(F)c2)CCCC1)CC3. The van der Waals surface area contributed by atoms with E-state index in [2.05, 4.69) is 4.98 Å². The van der Waals surface area contributed by atoms with Crippen LogP contribution < -0.4 is 0 Å². The molecule has 0 unspecified atom stereocenters. The van der Waals surface area contributed by atoms with E-state index in [1.165, 1.54) is 19.2 Å². The van der Waals surface area contributed by atoms with Gasteiger partial charge >= 0.3 is 5.97 Å². The van der Waals surface area contributed by atoms with Gasteiger partial charge < -0.3 is 14.6 Å². The molecular formula is C25H25FN2O3. The molecule has 0 atom stereocenters. The van der Waals surface area contributed by atoms with Crippen LogP contribution in [0.3, 0.4) is 0 Å². The van der Waals surface area contributed by atoms with Crippen LogP contribution in [0.4, 0.5) is 4.39 Å². The van der Waals surface area contributed by atoms with Crippen molar-refractivity contribution in [1.29, 1.82) is 0 Å². The third kappa shape index (κ3) is 3.21. The monoisotopic (exact) mass is 420 g/mol. The van der Waals surface area contributed by atoms with Crippen molar-refractivity contribution >= 4 is 22.8 Å². The molecule has 0 saturated heterocycles. The Morgan fingerprint density at radius 1 is 1.13 bits per heavy atom. The van der Waals surface area contributed by atoms with Gasteiger partial charge in [-0.1, -0.05) is 25.0 Å². The molecule has 0 spiro atoms. The Balaban J connectivity index is 1.50. The molecule has 1 amide bonds. The Kier molecular flexibility index (Phi) is 4.80. The highest BCUT2D eigenvalue weighted by atomic mass is 19.1. The van der Waals surface area contributed by atoms with Gasteiger partial charge in [-0.2, -0.15) is 0 Å². The molecule has 2 heterocycles. The van der Waals surface area contributed by atoms with Crippen LogP contribution in [-0.2, 0) is 27.9 Å². The van der Waals surface area contributed by atoms with Gasteiger partial charge in [-0.25, -0.2) is 9.18 Å². The molecule has 3 aromatic rings. The average Bonchev–Trinajstić information content (AvgIpc) is 3.43. The lowest BCUT2D eigenvalue weighted by atomic mass is 9.77. The van der Waals surface area contributed by atoms with Crippen LogP contribution in [0.25, 0.3) is 10.9 Å². The van der Waals surface area contributed by atoms with Crippen molar-refractivity contribution < 1.29 is 18.7 Å². The van der Waals surface area contributed by atoms with Crippen molar-refractivity contribution in [3.8, 4) is 0 Å². The van der Waals surface area contributed by atoms with E-state index >= 15 is 0 Å². The minimum Gasteiger partial charge on any atom is -0.465 e. The van der Waals surface area contributed by atoms with Gasteiger partial charge in [0.05, 0.1) is 18.1 Å². The van der Waals surface area contributed by atoms with E-state index in [1.807, 2.05) is 23.1 Å². The van der Waals surface area contributed by atoms with Gasteiger partial charge in [-0.3, -0.25) is 4.79 Å². The van der Waals surface area contributed by atoms with Crippen molar-refractivity contribution in [3.05, 3.63) is 70.7 Å². The van der Waals surface area contributed by atoms with Gasteiger partial charge in [0.25, 0.3) is 0 Å². The molecule has 0 bridgehead atoms. The molecule has 1 aromatic heterocycles. The third-order valence-electron chi connectivity index (χ3n) is 6.93. The topological polar surface area (TPSA) is 62.4 Å². The van der Waals surface area contributed by atoms with Crippen LogP contribution in [-0.4, -0.2) is 35.4 Å². The number of hydrogen-bond donors (Lipinski definition) is 1. The Hall–Kier alpha value is -3.15. The molecule has 1 aliphatic carbocycles. The number of fused-ring (bicyclic) bond motifs is 3. The van der Waals surface area contributed by atoms with Crippen LogP contribution in [0.15, 0.2) is 42.5 Å². The molecule has 6 heteroatoms. The number of benzene rings is 2. The van der Waals surface area contributed by atoms with Crippen molar-refractivity contribution in [2.45, 2.75) is 44.1 Å². The number of methoxy groups -OCH3 is 1. The average molecular weight is 420 g/mol. The minimum absolute atomic E-state index is 0.0831. The smallest absolute Gasteiger partial charge is 0.337 e. The molecule has 1 saturated carbocycles. The lowest BCUT2D eigenvalue weighted by Gasteiger charge is -2.37. The number of hydrogen-bond acceptors (Lipinski definition) is 3. The first-order valence-corrected chi connectivity index (χ1v) is 10.8. The van der Waals surface area contributed by atoms with Crippen LogP contribution in [0, 0.1) is 5.82 Å². The molecule has 2 aliphatic rings. The third-order valence-corrected chi connectivity index (χ3v) is 6.93. The number of esters is 1. The Morgan fingerprint density at radius 2 is 1.94 bits per heavy atom. The highest BCUT2D eigenvalue weighted by Gasteiger charge is 2.45. The summed E-state index contributed by atoms with van der Waals surface area (Å²) >= 11 is 0. The normalized spacial score (nSPS) is 17.5. The number of carbonyl (C=O) groups excluding carboxylic acids is 2. The summed E-state index contributed by atoms with van der Waals surface area (Å²) in [7, 11) is 1.37. The molecule has 2 aromatic carbocycles. The van der Waals surface area contributed by atoms with Crippen LogP contribution >= 0.6 is 0 Å². The first-order valence-electron chi connectivity index (χ1n) is 10.8. The summed E-state index contributed by atoms with van der Waals surface area (Å²) in [6, 6.07) is 12.0. The number of aromatic amines is 1.